The Balaban J connectivity index is 0.00000112. The van der Waals surface area contributed by atoms with E-state index in [0.29, 0.717) is 0 Å². The summed E-state index contributed by atoms with van der Waals surface area (Å²) in [5, 5.41) is 13.6. The Kier molecular flexibility index (Phi) is 6.26. The predicted molar refractivity (Wildman–Crippen MR) is 69.5 cm³/mol. The molecular weight excluding hydrogens is 247 g/mol. The monoisotopic (exact) mass is 264 g/mol. The van der Waals surface area contributed by atoms with Gasteiger partial charge in [-0.25, -0.2) is 0 Å². The zero-order valence-electron chi connectivity index (χ0n) is 9.27. The molecular formula is C11H18Cl2N2O. The normalized spacial score (nSPS) is 18.1. The average molecular weight is 265 g/mol. The highest BCUT2D eigenvalue weighted by molar-refractivity contribution is 5.85. The molecule has 0 aromatic carbocycles. The van der Waals surface area contributed by atoms with E-state index in [1.165, 1.54) is 0 Å². The molecule has 0 unspecified atom stereocenters. The van der Waals surface area contributed by atoms with Gasteiger partial charge in [-0.15, -0.1) is 24.8 Å². The number of rotatable bonds is 1. The molecule has 0 spiro atoms. The second-order valence-electron chi connectivity index (χ2n) is 4.00. The number of aromatic nitrogens is 1. The Morgan fingerprint density at radius 3 is 2.50 bits per heavy atom. The van der Waals surface area contributed by atoms with Crippen LogP contribution in [-0.4, -0.2) is 23.2 Å². The van der Waals surface area contributed by atoms with Crippen molar-refractivity contribution in [2.24, 2.45) is 0 Å². The molecule has 16 heavy (non-hydrogen) atoms. The number of pyridine rings is 1. The van der Waals surface area contributed by atoms with Gasteiger partial charge in [-0.05, 0) is 50.6 Å². The maximum Gasteiger partial charge on any atom is 0.109 e. The summed E-state index contributed by atoms with van der Waals surface area (Å²) in [6.07, 6.45) is 3.28. The molecule has 1 saturated heterocycles. The van der Waals surface area contributed by atoms with Crippen LogP contribution in [-0.2, 0) is 5.60 Å². The molecule has 5 heteroatoms. The standard InChI is InChI=1S/C11H16N2O.2ClH/c1-9-2-5-13-10(8-9)11(14)3-6-12-7-4-11;;/h2,5,8,12,14H,3-4,6-7H2,1H3;2*1H. The van der Waals surface area contributed by atoms with Crippen LogP contribution < -0.4 is 5.32 Å². The Morgan fingerprint density at radius 1 is 1.31 bits per heavy atom. The second-order valence-corrected chi connectivity index (χ2v) is 4.00. The molecule has 0 saturated carbocycles. The van der Waals surface area contributed by atoms with E-state index in [1.54, 1.807) is 6.20 Å². The van der Waals surface area contributed by atoms with Crippen LogP contribution >= 0.6 is 24.8 Å². The summed E-state index contributed by atoms with van der Waals surface area (Å²) in [5.41, 5.74) is 1.26. The lowest BCUT2D eigenvalue weighted by atomic mass is 9.88. The van der Waals surface area contributed by atoms with Crippen LogP contribution in [0.15, 0.2) is 18.3 Å². The average Bonchev–Trinajstić information content (AvgIpc) is 2.19. The van der Waals surface area contributed by atoms with Gasteiger partial charge in [0.25, 0.3) is 0 Å². The third kappa shape index (κ3) is 3.32. The van der Waals surface area contributed by atoms with Crippen molar-refractivity contribution in [2.75, 3.05) is 13.1 Å². The Hall–Kier alpha value is -0.350. The van der Waals surface area contributed by atoms with Crippen LogP contribution in [0, 0.1) is 6.92 Å². The van der Waals surface area contributed by atoms with E-state index >= 15 is 0 Å². The first-order valence-electron chi connectivity index (χ1n) is 5.07. The van der Waals surface area contributed by atoms with E-state index in [0.717, 1.165) is 37.2 Å². The fraction of sp³-hybridized carbons (Fsp3) is 0.545. The van der Waals surface area contributed by atoms with Crippen LogP contribution in [0.2, 0.25) is 0 Å². The lowest BCUT2D eigenvalue weighted by Crippen LogP contribution is -2.40. The van der Waals surface area contributed by atoms with Gasteiger partial charge in [0, 0.05) is 6.20 Å². The summed E-state index contributed by atoms with van der Waals surface area (Å²) >= 11 is 0. The highest BCUT2D eigenvalue weighted by atomic mass is 35.5. The molecule has 2 rings (SSSR count). The van der Waals surface area contributed by atoms with Crippen LogP contribution in [0.4, 0.5) is 0 Å². The molecule has 0 aliphatic carbocycles. The highest BCUT2D eigenvalue weighted by Crippen LogP contribution is 2.28. The summed E-state index contributed by atoms with van der Waals surface area (Å²) in [4.78, 5) is 4.26. The fourth-order valence-corrected chi connectivity index (χ4v) is 1.89. The first kappa shape index (κ1) is 15.7. The molecule has 0 radical (unpaired) electrons. The lowest BCUT2D eigenvalue weighted by Gasteiger charge is -2.32. The van der Waals surface area contributed by atoms with E-state index in [-0.39, 0.29) is 24.8 Å². The fourth-order valence-electron chi connectivity index (χ4n) is 1.89. The van der Waals surface area contributed by atoms with Gasteiger partial charge in [0.05, 0.1) is 5.69 Å². The maximum atomic E-state index is 10.4. The third-order valence-corrected chi connectivity index (χ3v) is 2.82. The van der Waals surface area contributed by atoms with Gasteiger partial charge in [0.2, 0.25) is 0 Å². The van der Waals surface area contributed by atoms with E-state index in [9.17, 15) is 5.11 Å². The number of aryl methyl sites for hydroxylation is 1. The first-order valence-corrected chi connectivity index (χ1v) is 5.07. The minimum atomic E-state index is -0.711. The number of nitrogens with zero attached hydrogens (tertiary/aromatic N) is 1. The Bertz CT molecular complexity index is 328. The molecule has 1 aromatic heterocycles. The molecule has 92 valence electrons. The van der Waals surface area contributed by atoms with Gasteiger partial charge in [-0.1, -0.05) is 0 Å². The van der Waals surface area contributed by atoms with Gasteiger partial charge >= 0.3 is 0 Å². The molecule has 3 nitrogen and oxygen atoms in total. The number of hydrogen-bond acceptors (Lipinski definition) is 3. The number of aliphatic hydroxyl groups is 1. The van der Waals surface area contributed by atoms with Crippen molar-refractivity contribution in [3.05, 3.63) is 29.6 Å². The number of piperidine rings is 1. The molecule has 1 aliphatic rings. The van der Waals surface area contributed by atoms with Crippen LogP contribution in [0.25, 0.3) is 0 Å². The molecule has 2 N–H and O–H groups in total. The van der Waals surface area contributed by atoms with Crippen molar-refractivity contribution in [3.8, 4) is 0 Å². The summed E-state index contributed by atoms with van der Waals surface area (Å²) in [6, 6.07) is 3.93. The van der Waals surface area contributed by atoms with Crippen LogP contribution in [0.1, 0.15) is 24.1 Å². The van der Waals surface area contributed by atoms with Gasteiger partial charge < -0.3 is 10.4 Å². The minimum absolute atomic E-state index is 0. The highest BCUT2D eigenvalue weighted by Gasteiger charge is 2.32. The quantitative estimate of drug-likeness (QED) is 0.814. The zero-order chi connectivity index (χ0) is 10.0. The number of hydrogen-bond donors (Lipinski definition) is 2. The zero-order valence-corrected chi connectivity index (χ0v) is 10.9. The van der Waals surface area contributed by atoms with Crippen LogP contribution in [0.5, 0.6) is 0 Å². The number of nitrogens with one attached hydrogen (secondary N) is 1. The topological polar surface area (TPSA) is 45.2 Å². The molecule has 0 atom stereocenters. The molecule has 2 heterocycles. The van der Waals surface area contributed by atoms with E-state index in [4.69, 9.17) is 0 Å². The van der Waals surface area contributed by atoms with E-state index in [1.807, 2.05) is 19.1 Å². The first-order chi connectivity index (χ1) is 6.71. The maximum absolute atomic E-state index is 10.4. The third-order valence-electron chi connectivity index (χ3n) is 2.82. The Morgan fingerprint density at radius 2 is 1.94 bits per heavy atom. The van der Waals surface area contributed by atoms with Crippen molar-refractivity contribution in [2.45, 2.75) is 25.4 Å². The number of halogens is 2. The summed E-state index contributed by atoms with van der Waals surface area (Å²) < 4.78 is 0. The van der Waals surface area contributed by atoms with Gasteiger partial charge in [0.1, 0.15) is 5.60 Å². The van der Waals surface area contributed by atoms with Crippen molar-refractivity contribution < 1.29 is 5.11 Å². The Labute approximate surface area is 108 Å². The lowest BCUT2D eigenvalue weighted by molar-refractivity contribution is 0.00182. The second kappa shape index (κ2) is 6.40. The predicted octanol–water partition coefficient (Wildman–Crippen LogP) is 1.80. The van der Waals surface area contributed by atoms with Gasteiger partial charge in [-0.3, -0.25) is 4.98 Å². The SMILES string of the molecule is Cc1ccnc(C2(O)CCNCC2)c1.Cl.Cl. The smallest absolute Gasteiger partial charge is 0.109 e. The minimum Gasteiger partial charge on any atom is -0.383 e. The summed E-state index contributed by atoms with van der Waals surface area (Å²) in [7, 11) is 0. The van der Waals surface area contributed by atoms with Gasteiger partial charge in [-0.2, -0.15) is 0 Å². The van der Waals surface area contributed by atoms with Crippen molar-refractivity contribution in [1.29, 1.82) is 0 Å². The largest absolute Gasteiger partial charge is 0.383 e. The van der Waals surface area contributed by atoms with E-state index in [2.05, 4.69) is 10.3 Å². The molecule has 0 amide bonds. The molecule has 0 bridgehead atoms. The molecule has 1 aliphatic heterocycles. The van der Waals surface area contributed by atoms with Crippen molar-refractivity contribution in [3.63, 3.8) is 0 Å². The molecule has 1 aromatic rings. The molecule has 1 fully saturated rings. The van der Waals surface area contributed by atoms with E-state index < -0.39 is 5.60 Å². The van der Waals surface area contributed by atoms with Crippen molar-refractivity contribution in [1.82, 2.24) is 10.3 Å². The summed E-state index contributed by atoms with van der Waals surface area (Å²) in [5.74, 6) is 0. The van der Waals surface area contributed by atoms with Crippen molar-refractivity contribution >= 4 is 24.8 Å². The summed E-state index contributed by atoms with van der Waals surface area (Å²) in [6.45, 7) is 3.76. The van der Waals surface area contributed by atoms with Crippen LogP contribution in [0.3, 0.4) is 0 Å². The van der Waals surface area contributed by atoms with Gasteiger partial charge in [0.15, 0.2) is 0 Å².